The van der Waals surface area contributed by atoms with Gasteiger partial charge >= 0.3 is 0 Å². The molecule has 1 aromatic heterocycles. The molecule has 0 bridgehead atoms. The summed E-state index contributed by atoms with van der Waals surface area (Å²) in [5.41, 5.74) is 6.79. The first-order valence-electron chi connectivity index (χ1n) is 5.08. The number of aromatic nitrogens is 2. The Bertz CT molecular complexity index is 704. The molecule has 0 aliphatic rings. The predicted molar refractivity (Wildman–Crippen MR) is 80.4 cm³/mol. The normalized spacial score (nSPS) is 11.5. The van der Waals surface area contributed by atoms with E-state index in [1.807, 2.05) is 0 Å². The van der Waals surface area contributed by atoms with E-state index in [1.165, 1.54) is 18.3 Å². The van der Waals surface area contributed by atoms with Gasteiger partial charge in [0, 0.05) is 20.2 Å². The summed E-state index contributed by atoms with van der Waals surface area (Å²) in [6.07, 6.45) is 1.53. The number of anilines is 2. The number of halogens is 2. The van der Waals surface area contributed by atoms with Crippen LogP contribution in [0.2, 0.25) is 0 Å². The van der Waals surface area contributed by atoms with Gasteiger partial charge in [-0.1, -0.05) is 0 Å². The Labute approximate surface area is 127 Å². The summed E-state index contributed by atoms with van der Waals surface area (Å²) < 4.78 is 27.9. The van der Waals surface area contributed by atoms with Gasteiger partial charge in [-0.15, -0.1) is 0 Å². The average Bonchev–Trinajstić information content (AvgIpc) is 2.61. The van der Waals surface area contributed by atoms with E-state index in [-0.39, 0.29) is 4.90 Å². The SMILES string of the molecule is Cc1cn[nH]c1NS(=O)(=O)c1c(Br)cc(N)cc1Br. The molecule has 0 spiro atoms. The Hall–Kier alpha value is -1.06. The summed E-state index contributed by atoms with van der Waals surface area (Å²) in [5.74, 6) is 0.329. The molecule has 1 aromatic carbocycles. The van der Waals surface area contributed by atoms with Crippen LogP contribution in [0, 0.1) is 6.92 Å². The molecule has 0 aliphatic heterocycles. The van der Waals surface area contributed by atoms with Crippen LogP contribution in [0.15, 0.2) is 32.2 Å². The second-order valence-electron chi connectivity index (χ2n) is 3.85. The molecular formula is C10H10Br2N4O2S. The highest BCUT2D eigenvalue weighted by molar-refractivity contribution is 9.11. The third kappa shape index (κ3) is 2.93. The molecule has 9 heteroatoms. The van der Waals surface area contributed by atoms with Crippen LogP contribution in [0.4, 0.5) is 11.5 Å². The van der Waals surface area contributed by atoms with Crippen LogP contribution in [-0.2, 0) is 10.0 Å². The summed E-state index contributed by atoms with van der Waals surface area (Å²) in [6.45, 7) is 1.74. The number of H-pyrrole nitrogens is 1. The molecule has 0 fully saturated rings. The lowest BCUT2D eigenvalue weighted by atomic mass is 10.3. The van der Waals surface area contributed by atoms with Gasteiger partial charge in [0.25, 0.3) is 10.0 Å². The van der Waals surface area contributed by atoms with Crippen LogP contribution in [0.25, 0.3) is 0 Å². The van der Waals surface area contributed by atoms with Gasteiger partial charge in [0.05, 0.1) is 6.20 Å². The first-order chi connectivity index (χ1) is 8.81. The van der Waals surface area contributed by atoms with Crippen LogP contribution in [-0.4, -0.2) is 18.6 Å². The quantitative estimate of drug-likeness (QED) is 0.678. The van der Waals surface area contributed by atoms with Crippen molar-refractivity contribution in [3.8, 4) is 0 Å². The summed E-state index contributed by atoms with van der Waals surface area (Å²) in [7, 11) is -3.75. The molecule has 0 atom stereocenters. The van der Waals surface area contributed by atoms with E-state index in [2.05, 4.69) is 46.8 Å². The average molecular weight is 410 g/mol. The minimum absolute atomic E-state index is 0.0794. The Morgan fingerprint density at radius 3 is 2.37 bits per heavy atom. The number of aromatic amines is 1. The third-order valence-corrected chi connectivity index (χ3v) is 5.58. The van der Waals surface area contributed by atoms with E-state index >= 15 is 0 Å². The monoisotopic (exact) mass is 408 g/mol. The molecule has 0 saturated heterocycles. The molecule has 0 amide bonds. The number of hydrogen-bond donors (Lipinski definition) is 3. The smallest absolute Gasteiger partial charge is 0.265 e. The van der Waals surface area contributed by atoms with Crippen molar-refractivity contribution in [2.75, 3.05) is 10.5 Å². The van der Waals surface area contributed by atoms with Gasteiger partial charge in [-0.2, -0.15) is 5.10 Å². The number of hydrogen-bond acceptors (Lipinski definition) is 4. The minimum Gasteiger partial charge on any atom is -0.399 e. The highest BCUT2D eigenvalue weighted by Crippen LogP contribution is 2.33. The fourth-order valence-corrected chi connectivity index (χ4v) is 5.18. The van der Waals surface area contributed by atoms with E-state index < -0.39 is 10.0 Å². The van der Waals surface area contributed by atoms with Crippen molar-refractivity contribution in [1.82, 2.24) is 10.2 Å². The largest absolute Gasteiger partial charge is 0.399 e. The van der Waals surface area contributed by atoms with Crippen molar-refractivity contribution in [3.05, 3.63) is 32.8 Å². The number of sulfonamides is 1. The van der Waals surface area contributed by atoms with E-state index in [0.29, 0.717) is 26.0 Å². The number of rotatable bonds is 3. The third-order valence-electron chi connectivity index (χ3n) is 2.35. The molecule has 19 heavy (non-hydrogen) atoms. The molecular weight excluding hydrogens is 400 g/mol. The summed E-state index contributed by atoms with van der Waals surface area (Å²) in [4.78, 5) is 0.0794. The fourth-order valence-electron chi connectivity index (χ4n) is 1.47. The van der Waals surface area contributed by atoms with Crippen LogP contribution in [0.5, 0.6) is 0 Å². The van der Waals surface area contributed by atoms with Crippen LogP contribution in [0.1, 0.15) is 5.56 Å². The van der Waals surface area contributed by atoms with Crippen molar-refractivity contribution in [2.45, 2.75) is 11.8 Å². The van der Waals surface area contributed by atoms with Gasteiger partial charge in [0.2, 0.25) is 0 Å². The molecule has 4 N–H and O–H groups in total. The zero-order chi connectivity index (χ0) is 14.2. The van der Waals surface area contributed by atoms with Gasteiger partial charge in [-0.3, -0.25) is 9.82 Å². The number of nitrogens with two attached hydrogens (primary N) is 1. The van der Waals surface area contributed by atoms with Crippen molar-refractivity contribution in [3.63, 3.8) is 0 Å². The van der Waals surface area contributed by atoms with Crippen LogP contribution < -0.4 is 10.5 Å². The molecule has 0 saturated carbocycles. The second kappa shape index (κ2) is 5.14. The number of nitrogens with zero attached hydrogens (tertiary/aromatic N) is 1. The van der Waals surface area contributed by atoms with Gasteiger partial charge in [-0.25, -0.2) is 8.42 Å². The zero-order valence-corrected chi connectivity index (χ0v) is 13.7. The molecule has 0 aliphatic carbocycles. The maximum atomic E-state index is 12.3. The lowest BCUT2D eigenvalue weighted by molar-refractivity contribution is 0.600. The van der Waals surface area contributed by atoms with Gasteiger partial charge in [-0.05, 0) is 50.9 Å². The number of aryl methyl sites for hydroxylation is 1. The fraction of sp³-hybridized carbons (Fsp3) is 0.100. The van der Waals surface area contributed by atoms with E-state index in [0.717, 1.165) is 0 Å². The zero-order valence-electron chi connectivity index (χ0n) is 9.74. The lowest BCUT2D eigenvalue weighted by Gasteiger charge is -2.11. The summed E-state index contributed by atoms with van der Waals surface area (Å²) >= 11 is 6.40. The number of benzene rings is 1. The molecule has 6 nitrogen and oxygen atoms in total. The maximum Gasteiger partial charge on any atom is 0.265 e. The van der Waals surface area contributed by atoms with E-state index in [9.17, 15) is 8.42 Å². The Morgan fingerprint density at radius 1 is 1.32 bits per heavy atom. The van der Waals surface area contributed by atoms with Gasteiger partial charge in [0.15, 0.2) is 0 Å². The molecule has 0 unspecified atom stereocenters. The Morgan fingerprint density at radius 2 is 1.89 bits per heavy atom. The van der Waals surface area contributed by atoms with Gasteiger partial charge in [0.1, 0.15) is 10.7 Å². The molecule has 102 valence electrons. The number of nitrogens with one attached hydrogen (secondary N) is 2. The molecule has 0 radical (unpaired) electrons. The van der Waals surface area contributed by atoms with E-state index in [4.69, 9.17) is 5.73 Å². The highest BCUT2D eigenvalue weighted by Gasteiger charge is 2.23. The second-order valence-corrected chi connectivity index (χ2v) is 7.18. The summed E-state index contributed by atoms with van der Waals surface area (Å²) in [6, 6.07) is 3.05. The lowest BCUT2D eigenvalue weighted by Crippen LogP contribution is -2.15. The standard InChI is InChI=1S/C10H10Br2N4O2S/c1-5-4-14-15-10(5)16-19(17,18)9-7(11)2-6(13)3-8(9)12/h2-4H,13H2,1H3,(H2,14,15,16). The van der Waals surface area contributed by atoms with Gasteiger partial charge < -0.3 is 5.73 Å². The predicted octanol–water partition coefficient (Wildman–Crippen LogP) is 2.63. The summed E-state index contributed by atoms with van der Waals surface area (Å²) in [5, 5.41) is 6.35. The molecule has 2 aromatic rings. The van der Waals surface area contributed by atoms with Crippen LogP contribution >= 0.6 is 31.9 Å². The number of nitrogen functional groups attached to an aromatic ring is 1. The highest BCUT2D eigenvalue weighted by atomic mass is 79.9. The Kier molecular flexibility index (Phi) is 3.88. The minimum atomic E-state index is -3.75. The van der Waals surface area contributed by atoms with E-state index in [1.54, 1.807) is 6.92 Å². The van der Waals surface area contributed by atoms with Crippen molar-refractivity contribution >= 4 is 53.4 Å². The molecule has 2 rings (SSSR count). The maximum absolute atomic E-state index is 12.3. The van der Waals surface area contributed by atoms with Crippen molar-refractivity contribution in [2.24, 2.45) is 0 Å². The first kappa shape index (κ1) is 14.4. The topological polar surface area (TPSA) is 101 Å². The molecule has 1 heterocycles. The van der Waals surface area contributed by atoms with Crippen molar-refractivity contribution < 1.29 is 8.42 Å². The van der Waals surface area contributed by atoms with Crippen LogP contribution in [0.3, 0.4) is 0 Å². The first-order valence-corrected chi connectivity index (χ1v) is 8.15. The Balaban J connectivity index is 2.49. The van der Waals surface area contributed by atoms with Crippen molar-refractivity contribution in [1.29, 1.82) is 0 Å².